The van der Waals surface area contributed by atoms with E-state index in [1.165, 1.54) is 24.8 Å². The summed E-state index contributed by atoms with van der Waals surface area (Å²) in [6.45, 7) is 0. The number of para-hydroxylation sites is 2. The van der Waals surface area contributed by atoms with Crippen LogP contribution in [0, 0.1) is 0 Å². The van der Waals surface area contributed by atoms with E-state index in [2.05, 4.69) is 44.1 Å². The molecule has 0 radical (unpaired) electrons. The molecule has 2 aromatic rings. The maximum absolute atomic E-state index is 6.04. The average Bonchev–Trinajstić information content (AvgIpc) is 2.78. The van der Waals surface area contributed by atoms with E-state index in [0.29, 0.717) is 5.96 Å². The molecular weight excluding hydrogens is 238 g/mol. The minimum atomic E-state index is -0.0669. The van der Waals surface area contributed by atoms with E-state index in [0.717, 1.165) is 24.3 Å². The highest BCUT2D eigenvalue weighted by Gasteiger charge is 2.45. The fourth-order valence-electron chi connectivity index (χ4n) is 3.56. The highest BCUT2D eigenvalue weighted by atomic mass is 15.4. The van der Waals surface area contributed by atoms with Gasteiger partial charge in [0.05, 0.1) is 0 Å². The first-order valence-corrected chi connectivity index (χ1v) is 6.99. The first-order chi connectivity index (χ1) is 9.28. The van der Waals surface area contributed by atoms with Gasteiger partial charge in [0.15, 0.2) is 0 Å². The molecule has 0 unspecified atom stereocenters. The number of imidazole rings is 1. The Balaban J connectivity index is 2.00. The number of hydrogen-bond donors (Lipinski definition) is 4. The number of H-pyrrole nitrogens is 1. The van der Waals surface area contributed by atoms with Gasteiger partial charge in [-0.3, -0.25) is 5.73 Å². The Bertz CT molecular complexity index is 664. The first kappa shape index (κ1) is 10.8. The van der Waals surface area contributed by atoms with Crippen LogP contribution in [0.4, 0.5) is 5.95 Å². The molecule has 2 heterocycles. The van der Waals surface area contributed by atoms with Crippen molar-refractivity contribution in [2.75, 3.05) is 5.32 Å². The van der Waals surface area contributed by atoms with Crippen molar-refractivity contribution in [2.24, 2.45) is 5.73 Å². The Hall–Kier alpha value is -2.04. The largest absolute Gasteiger partial charge is 0.368 e. The molecule has 0 atom stereocenters. The Morgan fingerprint density at radius 3 is 2.79 bits per heavy atom. The van der Waals surface area contributed by atoms with Crippen molar-refractivity contribution in [3.8, 4) is 0 Å². The third-order valence-corrected chi connectivity index (χ3v) is 4.35. The van der Waals surface area contributed by atoms with Crippen LogP contribution >= 0.6 is 0 Å². The Morgan fingerprint density at radius 1 is 1.16 bits per heavy atom. The lowest BCUT2D eigenvalue weighted by Crippen LogP contribution is -2.98. The summed E-state index contributed by atoms with van der Waals surface area (Å²) < 4.78 is 2.36. The molecular formula is C14H19N5+2. The summed E-state index contributed by atoms with van der Waals surface area (Å²) in [4.78, 5) is 6.92. The molecule has 0 amide bonds. The summed E-state index contributed by atoms with van der Waals surface area (Å²) in [6, 6.07) is 8.41. The SMILES string of the molecule is NC1=[NH+]C2(CCCCC2)[n+]2c([nH]c3ccccc32)N1. The molecule has 5 heteroatoms. The summed E-state index contributed by atoms with van der Waals surface area (Å²) in [6.07, 6.45) is 6.04. The monoisotopic (exact) mass is 257 g/mol. The topological polar surface area (TPSA) is 71.7 Å². The normalized spacial score (nSPS) is 20.9. The molecule has 98 valence electrons. The lowest BCUT2D eigenvalue weighted by molar-refractivity contribution is -0.910. The van der Waals surface area contributed by atoms with Crippen molar-refractivity contribution in [1.82, 2.24) is 4.98 Å². The summed E-state index contributed by atoms with van der Waals surface area (Å²) >= 11 is 0. The highest BCUT2D eigenvalue weighted by Crippen LogP contribution is 2.28. The van der Waals surface area contributed by atoms with Gasteiger partial charge in [-0.1, -0.05) is 18.6 Å². The predicted octanol–water partition coefficient (Wildman–Crippen LogP) is -0.107. The van der Waals surface area contributed by atoms with Gasteiger partial charge in [-0.15, -0.1) is 0 Å². The van der Waals surface area contributed by atoms with Gasteiger partial charge in [0.1, 0.15) is 11.0 Å². The van der Waals surface area contributed by atoms with Crippen molar-refractivity contribution < 1.29 is 9.56 Å². The molecule has 1 aromatic carbocycles. The van der Waals surface area contributed by atoms with Crippen LogP contribution in [0.5, 0.6) is 0 Å². The number of nitrogens with two attached hydrogens (primary N) is 1. The standard InChI is InChI=1S/C14H17N5/c15-12-17-13-16-10-6-2-3-7-11(10)19(13)14(18-12)8-4-1-5-9-14/h2-3,6-7H,1,4-5,8-9H2,(H3,15,16,17,18)/p+2. The third kappa shape index (κ3) is 1.47. The molecule has 1 saturated carbocycles. The molecule has 2 aliphatic rings. The van der Waals surface area contributed by atoms with Crippen LogP contribution < -0.4 is 20.6 Å². The predicted molar refractivity (Wildman–Crippen MR) is 73.3 cm³/mol. The van der Waals surface area contributed by atoms with Gasteiger partial charge in [-0.25, -0.2) is 9.98 Å². The average molecular weight is 257 g/mol. The summed E-state index contributed by atoms with van der Waals surface area (Å²) in [5.74, 6) is 1.63. The van der Waals surface area contributed by atoms with Gasteiger partial charge in [0.2, 0.25) is 5.66 Å². The Morgan fingerprint density at radius 2 is 1.95 bits per heavy atom. The van der Waals surface area contributed by atoms with E-state index in [9.17, 15) is 0 Å². The van der Waals surface area contributed by atoms with Crippen LogP contribution in [0.15, 0.2) is 24.3 Å². The summed E-state index contributed by atoms with van der Waals surface area (Å²) in [5, 5.41) is 3.21. The van der Waals surface area contributed by atoms with Crippen LogP contribution in [0.25, 0.3) is 11.0 Å². The van der Waals surface area contributed by atoms with E-state index in [-0.39, 0.29) is 5.66 Å². The molecule has 1 aromatic heterocycles. The van der Waals surface area contributed by atoms with Crippen molar-refractivity contribution >= 4 is 22.9 Å². The zero-order valence-corrected chi connectivity index (χ0v) is 10.9. The van der Waals surface area contributed by atoms with E-state index in [4.69, 9.17) is 5.73 Å². The molecule has 1 fully saturated rings. The Kier molecular flexibility index (Phi) is 2.13. The third-order valence-electron chi connectivity index (χ3n) is 4.35. The molecule has 5 nitrogen and oxygen atoms in total. The fourth-order valence-corrected chi connectivity index (χ4v) is 3.56. The zero-order chi connectivity index (χ0) is 12.9. The van der Waals surface area contributed by atoms with Gasteiger partial charge in [0, 0.05) is 12.8 Å². The summed E-state index contributed by atoms with van der Waals surface area (Å²) in [5.41, 5.74) is 8.34. The number of benzene rings is 1. The van der Waals surface area contributed by atoms with Crippen LogP contribution in [-0.2, 0) is 5.66 Å². The van der Waals surface area contributed by atoms with Crippen LogP contribution in [0.3, 0.4) is 0 Å². The lowest BCUT2D eigenvalue weighted by atomic mass is 9.88. The number of aromatic amines is 1. The van der Waals surface area contributed by atoms with Gasteiger partial charge >= 0.3 is 11.9 Å². The van der Waals surface area contributed by atoms with Gasteiger partial charge < -0.3 is 0 Å². The maximum atomic E-state index is 6.04. The second-order valence-corrected chi connectivity index (χ2v) is 5.58. The van der Waals surface area contributed by atoms with Crippen LogP contribution in [-0.4, -0.2) is 10.9 Å². The van der Waals surface area contributed by atoms with Gasteiger partial charge in [-0.05, 0) is 25.0 Å². The Labute approximate surface area is 111 Å². The fraction of sp³-hybridized carbons (Fsp3) is 0.429. The van der Waals surface area contributed by atoms with Gasteiger partial charge in [-0.2, -0.15) is 9.88 Å². The second kappa shape index (κ2) is 3.73. The number of rotatable bonds is 0. The molecule has 0 saturated heterocycles. The van der Waals surface area contributed by atoms with E-state index in [1.54, 1.807) is 0 Å². The minimum absolute atomic E-state index is 0.0669. The molecule has 1 spiro atoms. The smallest absolute Gasteiger partial charge is 0.290 e. The maximum Gasteiger partial charge on any atom is 0.368 e. The number of anilines is 1. The molecule has 4 rings (SSSR count). The molecule has 1 aliphatic heterocycles. The molecule has 19 heavy (non-hydrogen) atoms. The molecule has 0 bridgehead atoms. The second-order valence-electron chi connectivity index (χ2n) is 5.58. The number of nitrogens with one attached hydrogen (secondary N) is 3. The zero-order valence-electron chi connectivity index (χ0n) is 10.9. The number of hydrogen-bond acceptors (Lipinski definition) is 2. The van der Waals surface area contributed by atoms with Crippen molar-refractivity contribution in [1.29, 1.82) is 0 Å². The molecule has 5 N–H and O–H groups in total. The number of nitrogens with zero attached hydrogens (tertiary/aromatic N) is 1. The quantitative estimate of drug-likeness (QED) is 0.497. The highest BCUT2D eigenvalue weighted by molar-refractivity contribution is 5.87. The van der Waals surface area contributed by atoms with E-state index in [1.807, 2.05) is 0 Å². The van der Waals surface area contributed by atoms with Crippen molar-refractivity contribution in [3.63, 3.8) is 0 Å². The van der Waals surface area contributed by atoms with Crippen molar-refractivity contribution in [2.45, 2.75) is 37.8 Å². The van der Waals surface area contributed by atoms with Crippen molar-refractivity contribution in [3.05, 3.63) is 24.3 Å². The molecule has 1 aliphatic carbocycles. The number of guanidine groups is 1. The van der Waals surface area contributed by atoms with Gasteiger partial charge in [0.25, 0.3) is 0 Å². The van der Waals surface area contributed by atoms with E-state index >= 15 is 0 Å². The lowest BCUT2D eigenvalue weighted by Gasteiger charge is -2.33. The summed E-state index contributed by atoms with van der Waals surface area (Å²) in [7, 11) is 0. The van der Waals surface area contributed by atoms with Crippen LogP contribution in [0.1, 0.15) is 32.1 Å². The number of aromatic nitrogens is 2. The van der Waals surface area contributed by atoms with E-state index < -0.39 is 0 Å². The minimum Gasteiger partial charge on any atom is -0.290 e. The first-order valence-electron chi connectivity index (χ1n) is 6.99. The number of fused-ring (bicyclic) bond motifs is 4. The van der Waals surface area contributed by atoms with Crippen LogP contribution in [0.2, 0.25) is 0 Å².